The van der Waals surface area contributed by atoms with Gasteiger partial charge in [0.15, 0.2) is 11.6 Å². The van der Waals surface area contributed by atoms with Gasteiger partial charge in [0.25, 0.3) is 0 Å². The molecule has 2 bridgehead atoms. The van der Waals surface area contributed by atoms with Crippen molar-refractivity contribution in [2.45, 2.75) is 24.9 Å². The highest BCUT2D eigenvalue weighted by Gasteiger charge is 2.45. The SMILES string of the molecule is O=C1C[C@@H](n2nnnc2-c2ccccc2)[C@H]2CO[C@H]1O2. The highest BCUT2D eigenvalue weighted by atomic mass is 16.7. The molecule has 3 heterocycles. The van der Waals surface area contributed by atoms with Crippen molar-refractivity contribution in [2.24, 2.45) is 0 Å². The number of fused-ring (bicyclic) bond motifs is 2. The van der Waals surface area contributed by atoms with Crippen LogP contribution in [0.25, 0.3) is 11.4 Å². The van der Waals surface area contributed by atoms with Crippen molar-refractivity contribution < 1.29 is 14.3 Å². The molecule has 0 amide bonds. The topological polar surface area (TPSA) is 79.1 Å². The lowest BCUT2D eigenvalue weighted by Crippen LogP contribution is -2.37. The standard InChI is InChI=1S/C13H12N4O3/c18-10-6-9(11-7-19-13(10)20-11)17-12(14-15-16-17)8-4-2-1-3-5-8/h1-5,9,11,13H,6-7H2/t9-,11-,13+/m1/s1. The molecule has 4 rings (SSSR count). The number of aromatic nitrogens is 4. The van der Waals surface area contributed by atoms with Gasteiger partial charge in [0.05, 0.1) is 12.6 Å². The number of benzene rings is 1. The molecular formula is C13H12N4O3. The molecule has 2 aliphatic heterocycles. The Morgan fingerprint density at radius 2 is 2.10 bits per heavy atom. The minimum absolute atomic E-state index is 0.0572. The third kappa shape index (κ3) is 1.75. The smallest absolute Gasteiger partial charge is 0.218 e. The first-order valence-electron chi connectivity index (χ1n) is 6.46. The van der Waals surface area contributed by atoms with Crippen LogP contribution in [0.4, 0.5) is 0 Å². The Morgan fingerprint density at radius 1 is 1.25 bits per heavy atom. The van der Waals surface area contributed by atoms with Crippen molar-refractivity contribution in [3.8, 4) is 11.4 Å². The normalized spacial score (nSPS) is 28.8. The first kappa shape index (κ1) is 11.7. The Labute approximate surface area is 114 Å². The van der Waals surface area contributed by atoms with Crippen LogP contribution in [0.2, 0.25) is 0 Å². The van der Waals surface area contributed by atoms with Crippen LogP contribution in [0.1, 0.15) is 12.5 Å². The van der Waals surface area contributed by atoms with Gasteiger partial charge >= 0.3 is 0 Å². The Kier molecular flexibility index (Phi) is 2.61. The van der Waals surface area contributed by atoms with Crippen molar-refractivity contribution in [3.05, 3.63) is 30.3 Å². The number of carbonyl (C=O) groups excluding carboxylic acids is 1. The third-order valence-electron chi connectivity index (χ3n) is 3.65. The van der Waals surface area contributed by atoms with E-state index in [-0.39, 0.29) is 17.9 Å². The van der Waals surface area contributed by atoms with Crippen LogP contribution in [-0.4, -0.2) is 45.0 Å². The molecule has 2 fully saturated rings. The van der Waals surface area contributed by atoms with Gasteiger partial charge in [-0.3, -0.25) is 4.79 Å². The molecule has 1 aromatic heterocycles. The molecule has 2 saturated heterocycles. The number of ether oxygens (including phenoxy) is 2. The second-order valence-corrected chi connectivity index (χ2v) is 4.89. The molecule has 2 aromatic rings. The fourth-order valence-electron chi connectivity index (χ4n) is 2.66. The molecule has 3 atom stereocenters. The Hall–Kier alpha value is -2.12. The maximum Gasteiger partial charge on any atom is 0.218 e. The van der Waals surface area contributed by atoms with Crippen LogP contribution in [0, 0.1) is 0 Å². The molecule has 0 unspecified atom stereocenters. The summed E-state index contributed by atoms with van der Waals surface area (Å²) in [5.41, 5.74) is 0.908. The van der Waals surface area contributed by atoms with E-state index in [2.05, 4.69) is 15.5 Å². The van der Waals surface area contributed by atoms with Crippen LogP contribution in [-0.2, 0) is 14.3 Å². The summed E-state index contributed by atoms with van der Waals surface area (Å²) in [4.78, 5) is 11.9. The lowest BCUT2D eigenvalue weighted by Gasteiger charge is -2.26. The summed E-state index contributed by atoms with van der Waals surface area (Å²) in [7, 11) is 0. The molecular weight excluding hydrogens is 260 g/mol. The van der Waals surface area contributed by atoms with Crippen LogP contribution < -0.4 is 0 Å². The van der Waals surface area contributed by atoms with Gasteiger partial charge in [0, 0.05) is 12.0 Å². The predicted octanol–water partition coefficient (Wildman–Crippen LogP) is 0.595. The molecule has 7 heteroatoms. The molecule has 1 aromatic carbocycles. The van der Waals surface area contributed by atoms with Gasteiger partial charge in [-0.2, -0.15) is 0 Å². The minimum Gasteiger partial charge on any atom is -0.343 e. The van der Waals surface area contributed by atoms with E-state index in [1.54, 1.807) is 4.68 Å². The predicted molar refractivity (Wildman–Crippen MR) is 66.5 cm³/mol. The van der Waals surface area contributed by atoms with Gasteiger partial charge in [0.1, 0.15) is 6.10 Å². The molecule has 0 N–H and O–H groups in total. The van der Waals surface area contributed by atoms with E-state index in [0.717, 1.165) is 5.56 Å². The maximum atomic E-state index is 11.9. The summed E-state index contributed by atoms with van der Waals surface area (Å²) >= 11 is 0. The summed E-state index contributed by atoms with van der Waals surface area (Å²) in [6.07, 6.45) is -0.545. The number of rotatable bonds is 2. The third-order valence-corrected chi connectivity index (χ3v) is 3.65. The second kappa shape index (κ2) is 4.46. The average molecular weight is 272 g/mol. The summed E-state index contributed by atoms with van der Waals surface area (Å²) in [5, 5.41) is 11.8. The summed E-state index contributed by atoms with van der Waals surface area (Å²) in [5.74, 6) is 0.579. The zero-order valence-electron chi connectivity index (χ0n) is 10.5. The number of hydrogen-bond acceptors (Lipinski definition) is 6. The molecule has 20 heavy (non-hydrogen) atoms. The molecule has 0 spiro atoms. The summed E-state index contributed by atoms with van der Waals surface area (Å²) < 4.78 is 12.5. The highest BCUT2D eigenvalue weighted by molar-refractivity contribution is 5.83. The molecule has 102 valence electrons. The molecule has 7 nitrogen and oxygen atoms in total. The number of ketones is 1. The van der Waals surface area contributed by atoms with E-state index >= 15 is 0 Å². The van der Waals surface area contributed by atoms with E-state index in [4.69, 9.17) is 9.47 Å². The van der Waals surface area contributed by atoms with Gasteiger partial charge < -0.3 is 9.47 Å². The highest BCUT2D eigenvalue weighted by Crippen LogP contribution is 2.34. The largest absolute Gasteiger partial charge is 0.343 e. The maximum absolute atomic E-state index is 11.9. The first-order valence-corrected chi connectivity index (χ1v) is 6.46. The Morgan fingerprint density at radius 3 is 2.95 bits per heavy atom. The van der Waals surface area contributed by atoms with Crippen molar-refractivity contribution in [3.63, 3.8) is 0 Å². The number of carbonyl (C=O) groups is 1. The molecule has 0 saturated carbocycles. The number of tetrazole rings is 1. The van der Waals surface area contributed by atoms with Gasteiger partial charge in [-0.25, -0.2) is 4.68 Å². The minimum atomic E-state index is -0.701. The van der Waals surface area contributed by atoms with Crippen molar-refractivity contribution >= 4 is 5.78 Å². The van der Waals surface area contributed by atoms with Crippen molar-refractivity contribution in [2.75, 3.05) is 6.61 Å². The first-order chi connectivity index (χ1) is 9.83. The van der Waals surface area contributed by atoms with Crippen molar-refractivity contribution in [1.29, 1.82) is 0 Å². The summed E-state index contributed by atoms with van der Waals surface area (Å²) in [6.45, 7) is 0.398. The monoisotopic (exact) mass is 272 g/mol. The van der Waals surface area contributed by atoms with Gasteiger partial charge in [-0.05, 0) is 10.4 Å². The lowest BCUT2D eigenvalue weighted by molar-refractivity contribution is -0.156. The Bertz CT molecular complexity index is 642. The average Bonchev–Trinajstić information content (AvgIpc) is 3.13. The zero-order valence-corrected chi connectivity index (χ0v) is 10.5. The summed E-state index contributed by atoms with van der Waals surface area (Å²) in [6, 6.07) is 9.42. The van der Waals surface area contributed by atoms with Crippen LogP contribution in [0.5, 0.6) is 0 Å². The van der Waals surface area contributed by atoms with Gasteiger partial charge in [-0.15, -0.1) is 5.10 Å². The number of nitrogens with zero attached hydrogens (tertiary/aromatic N) is 4. The molecule has 2 aliphatic rings. The molecule has 0 radical (unpaired) electrons. The van der Waals surface area contributed by atoms with Crippen LogP contribution >= 0.6 is 0 Å². The second-order valence-electron chi connectivity index (χ2n) is 4.89. The van der Waals surface area contributed by atoms with E-state index < -0.39 is 6.29 Å². The van der Waals surface area contributed by atoms with Gasteiger partial charge in [0.2, 0.25) is 6.29 Å². The fraction of sp³-hybridized carbons (Fsp3) is 0.385. The van der Waals surface area contributed by atoms with E-state index in [1.807, 2.05) is 30.3 Å². The van der Waals surface area contributed by atoms with E-state index in [0.29, 0.717) is 18.9 Å². The van der Waals surface area contributed by atoms with E-state index in [9.17, 15) is 4.79 Å². The van der Waals surface area contributed by atoms with Crippen LogP contribution in [0.15, 0.2) is 30.3 Å². The van der Waals surface area contributed by atoms with Gasteiger partial charge in [-0.1, -0.05) is 30.3 Å². The van der Waals surface area contributed by atoms with Crippen molar-refractivity contribution in [1.82, 2.24) is 20.2 Å². The molecule has 0 aliphatic carbocycles. The number of Topliss-reactive ketones (excluding diaryl/α,β-unsaturated/α-hetero) is 1. The Balaban J connectivity index is 1.73. The quantitative estimate of drug-likeness (QED) is 0.796. The zero-order chi connectivity index (χ0) is 13.5. The lowest BCUT2D eigenvalue weighted by atomic mass is 10.0. The number of hydrogen-bond donors (Lipinski definition) is 0. The van der Waals surface area contributed by atoms with Crippen LogP contribution in [0.3, 0.4) is 0 Å². The fourth-order valence-corrected chi connectivity index (χ4v) is 2.66. The van der Waals surface area contributed by atoms with E-state index in [1.165, 1.54) is 0 Å².